The van der Waals surface area contributed by atoms with Gasteiger partial charge in [0, 0.05) is 29.3 Å². The first-order valence-electron chi connectivity index (χ1n) is 9.32. The van der Waals surface area contributed by atoms with E-state index in [9.17, 15) is 9.18 Å². The number of carbonyl (C=O) groups excluding carboxylic acids is 1. The van der Waals surface area contributed by atoms with Crippen LogP contribution in [-0.4, -0.2) is 38.5 Å². The number of methoxy groups -OCH3 is 1. The van der Waals surface area contributed by atoms with Crippen molar-refractivity contribution < 1.29 is 13.9 Å². The standard InChI is InChI=1S/C22H18FN5O2S/c1-30-19-7-5-18(6-8-19)28-21(15-9-11-24-12-10-15)26-27-22(28)31-14-20(29)25-17-4-2-3-16(23)13-17/h2-13H,14H2,1H3,(H,25,29). The minimum Gasteiger partial charge on any atom is -0.497 e. The van der Waals surface area contributed by atoms with Gasteiger partial charge in [0.1, 0.15) is 11.6 Å². The van der Waals surface area contributed by atoms with Crippen molar-refractivity contribution in [3.05, 3.63) is 78.9 Å². The minimum absolute atomic E-state index is 0.0845. The van der Waals surface area contributed by atoms with Gasteiger partial charge in [-0.2, -0.15) is 0 Å². The Kier molecular flexibility index (Phi) is 6.23. The van der Waals surface area contributed by atoms with Gasteiger partial charge in [0.2, 0.25) is 5.91 Å². The van der Waals surface area contributed by atoms with Crippen molar-refractivity contribution in [2.75, 3.05) is 18.2 Å². The van der Waals surface area contributed by atoms with Crippen molar-refractivity contribution in [1.29, 1.82) is 0 Å². The molecule has 0 atom stereocenters. The second-order valence-electron chi connectivity index (χ2n) is 6.42. The molecule has 0 saturated carbocycles. The molecule has 2 aromatic carbocycles. The Morgan fingerprint density at radius 1 is 1.10 bits per heavy atom. The van der Waals surface area contributed by atoms with E-state index in [0.717, 1.165) is 17.0 Å². The number of thioether (sulfide) groups is 1. The highest BCUT2D eigenvalue weighted by Gasteiger charge is 2.17. The maximum atomic E-state index is 13.3. The molecule has 0 fully saturated rings. The molecule has 0 unspecified atom stereocenters. The zero-order valence-electron chi connectivity index (χ0n) is 16.5. The third-order valence-electron chi connectivity index (χ3n) is 4.34. The number of amides is 1. The van der Waals surface area contributed by atoms with E-state index in [4.69, 9.17) is 4.74 Å². The monoisotopic (exact) mass is 435 g/mol. The molecule has 7 nitrogen and oxygen atoms in total. The summed E-state index contributed by atoms with van der Waals surface area (Å²) in [4.78, 5) is 16.4. The van der Waals surface area contributed by atoms with Crippen molar-refractivity contribution in [2.24, 2.45) is 0 Å². The molecule has 4 rings (SSSR count). The molecule has 0 aliphatic carbocycles. The van der Waals surface area contributed by atoms with Crippen LogP contribution in [0.4, 0.5) is 10.1 Å². The van der Waals surface area contributed by atoms with Crippen LogP contribution in [0.5, 0.6) is 5.75 Å². The molecule has 9 heteroatoms. The van der Waals surface area contributed by atoms with E-state index in [1.807, 2.05) is 41.0 Å². The third-order valence-corrected chi connectivity index (χ3v) is 5.27. The van der Waals surface area contributed by atoms with Crippen molar-refractivity contribution in [2.45, 2.75) is 5.16 Å². The Bertz CT molecular complexity index is 1180. The summed E-state index contributed by atoms with van der Waals surface area (Å²) >= 11 is 1.24. The van der Waals surface area contributed by atoms with Gasteiger partial charge in [0.15, 0.2) is 11.0 Å². The summed E-state index contributed by atoms with van der Waals surface area (Å²) in [6, 6.07) is 16.9. The highest BCUT2D eigenvalue weighted by atomic mass is 32.2. The van der Waals surface area contributed by atoms with Gasteiger partial charge in [-0.1, -0.05) is 17.8 Å². The van der Waals surface area contributed by atoms with Gasteiger partial charge in [0.05, 0.1) is 12.9 Å². The molecule has 0 aliphatic rings. The van der Waals surface area contributed by atoms with E-state index in [0.29, 0.717) is 16.7 Å². The number of hydrogen-bond donors (Lipinski definition) is 1. The summed E-state index contributed by atoms with van der Waals surface area (Å²) < 4.78 is 20.4. The molecule has 2 heterocycles. The number of rotatable bonds is 7. The number of anilines is 1. The van der Waals surface area contributed by atoms with Gasteiger partial charge in [0.25, 0.3) is 0 Å². The maximum absolute atomic E-state index is 13.3. The molecule has 0 radical (unpaired) electrons. The molecule has 0 saturated heterocycles. The Labute approximate surface area is 182 Å². The topological polar surface area (TPSA) is 81.9 Å². The fourth-order valence-corrected chi connectivity index (χ4v) is 3.66. The van der Waals surface area contributed by atoms with Crippen molar-refractivity contribution in [3.63, 3.8) is 0 Å². The van der Waals surface area contributed by atoms with Crippen LogP contribution in [0.3, 0.4) is 0 Å². The van der Waals surface area contributed by atoms with Crippen LogP contribution < -0.4 is 10.1 Å². The summed E-state index contributed by atoms with van der Waals surface area (Å²) in [5, 5.41) is 11.9. The van der Waals surface area contributed by atoms with Crippen LogP contribution >= 0.6 is 11.8 Å². The van der Waals surface area contributed by atoms with E-state index < -0.39 is 5.82 Å². The average Bonchev–Trinajstić information content (AvgIpc) is 3.22. The van der Waals surface area contributed by atoms with Crippen LogP contribution in [0.15, 0.2) is 78.2 Å². The van der Waals surface area contributed by atoms with Gasteiger partial charge < -0.3 is 10.1 Å². The number of carbonyl (C=O) groups is 1. The van der Waals surface area contributed by atoms with E-state index in [1.165, 1.54) is 23.9 Å². The number of nitrogens with zero attached hydrogens (tertiary/aromatic N) is 4. The second kappa shape index (κ2) is 9.40. The maximum Gasteiger partial charge on any atom is 0.234 e. The van der Waals surface area contributed by atoms with Crippen LogP contribution in [0, 0.1) is 5.82 Å². The lowest BCUT2D eigenvalue weighted by Crippen LogP contribution is -2.14. The molecular weight excluding hydrogens is 417 g/mol. The SMILES string of the molecule is COc1ccc(-n2c(SCC(=O)Nc3cccc(F)c3)nnc2-c2ccncc2)cc1. The number of nitrogens with one attached hydrogen (secondary N) is 1. The number of ether oxygens (including phenoxy) is 1. The molecule has 1 N–H and O–H groups in total. The lowest BCUT2D eigenvalue weighted by molar-refractivity contribution is -0.113. The number of pyridine rings is 1. The quantitative estimate of drug-likeness (QED) is 0.438. The van der Waals surface area contributed by atoms with E-state index in [2.05, 4.69) is 20.5 Å². The minimum atomic E-state index is -0.410. The molecule has 1 amide bonds. The lowest BCUT2D eigenvalue weighted by Gasteiger charge is -2.11. The van der Waals surface area contributed by atoms with Gasteiger partial charge in [-0.15, -0.1) is 10.2 Å². The lowest BCUT2D eigenvalue weighted by atomic mass is 10.2. The van der Waals surface area contributed by atoms with Gasteiger partial charge in [-0.25, -0.2) is 4.39 Å². The largest absolute Gasteiger partial charge is 0.497 e. The predicted molar refractivity (Wildman–Crippen MR) is 117 cm³/mol. The van der Waals surface area contributed by atoms with E-state index in [-0.39, 0.29) is 11.7 Å². The number of hydrogen-bond acceptors (Lipinski definition) is 6. The van der Waals surface area contributed by atoms with Gasteiger partial charge in [-0.3, -0.25) is 14.3 Å². The molecular formula is C22H18FN5O2S. The molecule has 156 valence electrons. The average molecular weight is 435 g/mol. The fourth-order valence-electron chi connectivity index (χ4n) is 2.91. The van der Waals surface area contributed by atoms with E-state index >= 15 is 0 Å². The number of aromatic nitrogens is 4. The van der Waals surface area contributed by atoms with Gasteiger partial charge in [-0.05, 0) is 54.6 Å². The molecule has 4 aromatic rings. The molecule has 0 spiro atoms. The number of benzene rings is 2. The van der Waals surface area contributed by atoms with E-state index in [1.54, 1.807) is 31.6 Å². The molecule has 0 aliphatic heterocycles. The van der Waals surface area contributed by atoms with Crippen molar-refractivity contribution in [1.82, 2.24) is 19.7 Å². The van der Waals surface area contributed by atoms with Crippen LogP contribution in [-0.2, 0) is 4.79 Å². The van der Waals surface area contributed by atoms with Crippen molar-refractivity contribution in [3.8, 4) is 22.8 Å². The fraction of sp³-hybridized carbons (Fsp3) is 0.0909. The first-order valence-corrected chi connectivity index (χ1v) is 10.3. The predicted octanol–water partition coefficient (Wildman–Crippen LogP) is 4.21. The smallest absolute Gasteiger partial charge is 0.234 e. The van der Waals surface area contributed by atoms with Crippen molar-refractivity contribution >= 4 is 23.4 Å². The Morgan fingerprint density at radius 2 is 1.87 bits per heavy atom. The first-order chi connectivity index (χ1) is 15.1. The zero-order chi connectivity index (χ0) is 21.6. The highest BCUT2D eigenvalue weighted by molar-refractivity contribution is 7.99. The van der Waals surface area contributed by atoms with Crippen LogP contribution in [0.2, 0.25) is 0 Å². The highest BCUT2D eigenvalue weighted by Crippen LogP contribution is 2.28. The summed E-state index contributed by atoms with van der Waals surface area (Å²) in [6.07, 6.45) is 3.36. The van der Waals surface area contributed by atoms with Crippen LogP contribution in [0.25, 0.3) is 17.1 Å². The summed E-state index contributed by atoms with van der Waals surface area (Å²) in [5.74, 6) is 0.754. The summed E-state index contributed by atoms with van der Waals surface area (Å²) in [5.41, 5.74) is 2.07. The summed E-state index contributed by atoms with van der Waals surface area (Å²) in [6.45, 7) is 0. The molecule has 0 bridgehead atoms. The zero-order valence-corrected chi connectivity index (χ0v) is 17.3. The second-order valence-corrected chi connectivity index (χ2v) is 7.37. The Hall–Kier alpha value is -3.72. The number of halogens is 1. The normalized spacial score (nSPS) is 10.6. The third kappa shape index (κ3) is 4.89. The molecule has 31 heavy (non-hydrogen) atoms. The Balaban J connectivity index is 1.59. The summed E-state index contributed by atoms with van der Waals surface area (Å²) in [7, 11) is 1.61. The first kappa shape index (κ1) is 20.5. The molecule has 2 aromatic heterocycles. The Morgan fingerprint density at radius 3 is 2.58 bits per heavy atom. The van der Waals surface area contributed by atoms with Gasteiger partial charge >= 0.3 is 0 Å². The van der Waals surface area contributed by atoms with Crippen LogP contribution in [0.1, 0.15) is 0 Å².